The molecule has 168 valence electrons. The van der Waals surface area contributed by atoms with Crippen molar-refractivity contribution >= 4 is 28.8 Å². The van der Waals surface area contributed by atoms with Gasteiger partial charge in [-0.15, -0.1) is 0 Å². The van der Waals surface area contributed by atoms with E-state index in [0.717, 1.165) is 11.3 Å². The van der Waals surface area contributed by atoms with E-state index in [0.29, 0.717) is 61.1 Å². The van der Waals surface area contributed by atoms with Gasteiger partial charge < -0.3 is 30.3 Å². The van der Waals surface area contributed by atoms with E-state index in [1.807, 2.05) is 37.3 Å². The van der Waals surface area contributed by atoms with Gasteiger partial charge >= 0.3 is 6.03 Å². The number of fused-ring (bicyclic) bond motifs is 1. The third-order valence-electron chi connectivity index (χ3n) is 5.41. The molecule has 0 atom stereocenters. The van der Waals surface area contributed by atoms with Gasteiger partial charge in [0.25, 0.3) is 0 Å². The first-order valence-electron chi connectivity index (χ1n) is 10.5. The molecule has 3 N–H and O–H groups in total. The summed E-state index contributed by atoms with van der Waals surface area (Å²) in [6.07, 6.45) is 0. The molecule has 2 amide bonds. The van der Waals surface area contributed by atoms with Gasteiger partial charge in [0.2, 0.25) is 5.95 Å². The molecule has 4 rings (SSSR count). The number of amides is 2. The van der Waals surface area contributed by atoms with Crippen molar-refractivity contribution in [3.63, 3.8) is 0 Å². The molecule has 1 aromatic carbocycles. The predicted octanol–water partition coefficient (Wildman–Crippen LogP) is 2.14. The van der Waals surface area contributed by atoms with Crippen LogP contribution in [0.1, 0.15) is 6.92 Å². The van der Waals surface area contributed by atoms with Gasteiger partial charge in [-0.05, 0) is 37.3 Å². The highest BCUT2D eigenvalue weighted by Gasteiger charge is 2.24. The molecule has 1 saturated heterocycles. The molecule has 0 bridgehead atoms. The van der Waals surface area contributed by atoms with Crippen LogP contribution in [0.15, 0.2) is 30.3 Å². The highest BCUT2D eigenvalue weighted by Crippen LogP contribution is 2.33. The molecule has 3 heterocycles. The van der Waals surface area contributed by atoms with Gasteiger partial charge in [-0.25, -0.2) is 14.8 Å². The van der Waals surface area contributed by atoms with E-state index in [4.69, 9.17) is 20.2 Å². The van der Waals surface area contributed by atoms with Crippen molar-refractivity contribution in [2.75, 3.05) is 57.6 Å². The molecular formula is C22H27N7O3. The Morgan fingerprint density at radius 1 is 1.03 bits per heavy atom. The summed E-state index contributed by atoms with van der Waals surface area (Å²) in [7, 11) is 3.20. The minimum atomic E-state index is -0.0481. The first-order valence-corrected chi connectivity index (χ1v) is 10.5. The number of ether oxygens (including phenoxy) is 2. The largest absolute Gasteiger partial charge is 0.493 e. The van der Waals surface area contributed by atoms with E-state index in [2.05, 4.69) is 20.2 Å². The van der Waals surface area contributed by atoms with Crippen LogP contribution in [0, 0.1) is 0 Å². The monoisotopic (exact) mass is 437 g/mol. The number of anilines is 2. The molecular weight excluding hydrogens is 410 g/mol. The molecule has 1 aliphatic rings. The third-order valence-corrected chi connectivity index (χ3v) is 5.41. The number of urea groups is 1. The summed E-state index contributed by atoms with van der Waals surface area (Å²) in [5, 5.41) is 2.84. The number of nitrogens with one attached hydrogen (secondary N) is 1. The number of carbonyl (C=O) groups excluding carboxylic acids is 1. The SMILES string of the molecule is CCNC(=O)N1CCN(c2nc(N)nc3ccc(-c4ccc(OC)c(OC)c4)nc23)CC1. The number of piperazine rings is 1. The fourth-order valence-electron chi connectivity index (χ4n) is 3.78. The maximum absolute atomic E-state index is 12.1. The van der Waals surface area contributed by atoms with Gasteiger partial charge in [0.05, 0.1) is 25.4 Å². The Bertz CT molecular complexity index is 1130. The van der Waals surface area contributed by atoms with Crippen LogP contribution in [0.2, 0.25) is 0 Å². The van der Waals surface area contributed by atoms with Crippen LogP contribution in [-0.2, 0) is 0 Å². The van der Waals surface area contributed by atoms with Gasteiger partial charge in [-0.1, -0.05) is 0 Å². The van der Waals surface area contributed by atoms with Crippen LogP contribution in [-0.4, -0.2) is 72.8 Å². The number of hydrogen-bond donors (Lipinski definition) is 2. The Kier molecular flexibility index (Phi) is 6.11. The molecule has 1 aliphatic heterocycles. The highest BCUT2D eigenvalue weighted by atomic mass is 16.5. The fourth-order valence-corrected chi connectivity index (χ4v) is 3.78. The van der Waals surface area contributed by atoms with E-state index in [9.17, 15) is 4.79 Å². The number of rotatable bonds is 5. The fraction of sp³-hybridized carbons (Fsp3) is 0.364. The molecule has 0 unspecified atom stereocenters. The summed E-state index contributed by atoms with van der Waals surface area (Å²) in [5.41, 5.74) is 8.96. The standard InChI is InChI=1S/C22H27N7O3/c1-4-24-22(30)29-11-9-28(10-12-29)20-19-16(26-21(23)27-20)7-6-15(25-19)14-5-8-17(31-2)18(13-14)32-3/h5-8,13H,4,9-12H2,1-3H3,(H,24,30)(H2,23,26,27). The average molecular weight is 438 g/mol. The smallest absolute Gasteiger partial charge is 0.317 e. The zero-order valence-electron chi connectivity index (χ0n) is 18.5. The molecule has 10 heteroatoms. The van der Waals surface area contributed by atoms with Crippen molar-refractivity contribution in [3.8, 4) is 22.8 Å². The zero-order chi connectivity index (χ0) is 22.7. The van der Waals surface area contributed by atoms with Gasteiger partial charge in [0.1, 0.15) is 5.52 Å². The molecule has 0 aliphatic carbocycles. The number of benzene rings is 1. The second-order valence-corrected chi connectivity index (χ2v) is 7.35. The van der Waals surface area contributed by atoms with Crippen LogP contribution in [0.4, 0.5) is 16.6 Å². The molecule has 0 radical (unpaired) electrons. The lowest BCUT2D eigenvalue weighted by Gasteiger charge is -2.35. The lowest BCUT2D eigenvalue weighted by atomic mass is 10.1. The normalized spacial score (nSPS) is 13.8. The quantitative estimate of drug-likeness (QED) is 0.623. The van der Waals surface area contributed by atoms with Gasteiger partial charge in [0, 0.05) is 38.3 Å². The lowest BCUT2D eigenvalue weighted by molar-refractivity contribution is 0.195. The number of carbonyl (C=O) groups is 1. The zero-order valence-corrected chi connectivity index (χ0v) is 18.5. The number of nitrogens with zero attached hydrogens (tertiary/aromatic N) is 5. The first-order chi connectivity index (χ1) is 15.5. The Labute approximate surface area is 186 Å². The number of nitrogens with two attached hydrogens (primary N) is 1. The minimum Gasteiger partial charge on any atom is -0.493 e. The van der Waals surface area contributed by atoms with Crippen LogP contribution in [0.3, 0.4) is 0 Å². The first kappa shape index (κ1) is 21.4. The van der Waals surface area contributed by atoms with E-state index >= 15 is 0 Å². The lowest BCUT2D eigenvalue weighted by Crippen LogP contribution is -2.52. The maximum atomic E-state index is 12.1. The van der Waals surface area contributed by atoms with Crippen molar-refractivity contribution in [2.24, 2.45) is 0 Å². The molecule has 0 saturated carbocycles. The van der Waals surface area contributed by atoms with Gasteiger partial charge in [0.15, 0.2) is 17.3 Å². The summed E-state index contributed by atoms with van der Waals surface area (Å²) in [4.78, 5) is 29.7. The third kappa shape index (κ3) is 4.16. The van der Waals surface area contributed by atoms with Crippen LogP contribution >= 0.6 is 0 Å². The number of pyridine rings is 1. The molecule has 2 aromatic heterocycles. The van der Waals surface area contributed by atoms with Crippen molar-refractivity contribution < 1.29 is 14.3 Å². The van der Waals surface area contributed by atoms with E-state index in [-0.39, 0.29) is 12.0 Å². The Balaban J connectivity index is 1.68. The van der Waals surface area contributed by atoms with Crippen LogP contribution in [0.5, 0.6) is 11.5 Å². The van der Waals surface area contributed by atoms with E-state index in [1.165, 1.54) is 0 Å². The second kappa shape index (κ2) is 9.13. The minimum absolute atomic E-state index is 0.0481. The van der Waals surface area contributed by atoms with Gasteiger partial charge in [-0.3, -0.25) is 0 Å². The summed E-state index contributed by atoms with van der Waals surface area (Å²) in [6, 6.07) is 9.40. The Morgan fingerprint density at radius 2 is 1.78 bits per heavy atom. The number of hydrogen-bond acceptors (Lipinski definition) is 8. The number of methoxy groups -OCH3 is 2. The Hall–Kier alpha value is -3.82. The van der Waals surface area contributed by atoms with Gasteiger partial charge in [-0.2, -0.15) is 4.98 Å². The number of nitrogen functional groups attached to an aromatic ring is 1. The van der Waals surface area contributed by atoms with Crippen LogP contribution in [0.25, 0.3) is 22.3 Å². The molecule has 0 spiro atoms. The molecule has 1 fully saturated rings. The predicted molar refractivity (Wildman–Crippen MR) is 123 cm³/mol. The van der Waals surface area contributed by atoms with Crippen molar-refractivity contribution in [1.29, 1.82) is 0 Å². The summed E-state index contributed by atoms with van der Waals surface area (Å²) in [5.74, 6) is 2.14. The summed E-state index contributed by atoms with van der Waals surface area (Å²) in [6.45, 7) is 4.95. The maximum Gasteiger partial charge on any atom is 0.317 e. The van der Waals surface area contributed by atoms with Crippen molar-refractivity contribution in [2.45, 2.75) is 6.92 Å². The highest BCUT2D eigenvalue weighted by molar-refractivity contribution is 5.89. The van der Waals surface area contributed by atoms with E-state index in [1.54, 1.807) is 19.1 Å². The second-order valence-electron chi connectivity index (χ2n) is 7.35. The molecule has 10 nitrogen and oxygen atoms in total. The summed E-state index contributed by atoms with van der Waals surface area (Å²) >= 11 is 0. The van der Waals surface area contributed by atoms with Crippen LogP contribution < -0.4 is 25.4 Å². The average Bonchev–Trinajstić information content (AvgIpc) is 2.83. The van der Waals surface area contributed by atoms with Crippen molar-refractivity contribution in [1.82, 2.24) is 25.2 Å². The topological polar surface area (TPSA) is 119 Å². The van der Waals surface area contributed by atoms with E-state index < -0.39 is 0 Å². The molecule has 3 aromatic rings. The Morgan fingerprint density at radius 3 is 2.47 bits per heavy atom. The number of aromatic nitrogens is 3. The van der Waals surface area contributed by atoms with Crippen molar-refractivity contribution in [3.05, 3.63) is 30.3 Å². The summed E-state index contributed by atoms with van der Waals surface area (Å²) < 4.78 is 10.8. The molecule has 32 heavy (non-hydrogen) atoms.